The van der Waals surface area contributed by atoms with Gasteiger partial charge in [0.25, 0.3) is 0 Å². The number of aromatic nitrogens is 3. The zero-order chi connectivity index (χ0) is 13.2. The summed E-state index contributed by atoms with van der Waals surface area (Å²) in [6.45, 7) is 0. The van der Waals surface area contributed by atoms with E-state index in [1.165, 1.54) is 0 Å². The van der Waals surface area contributed by atoms with Crippen LogP contribution in [0, 0.1) is 0 Å². The molecule has 5 nitrogen and oxygen atoms in total. The highest BCUT2D eigenvalue weighted by molar-refractivity contribution is 5.82. The van der Waals surface area contributed by atoms with Gasteiger partial charge < -0.3 is 0 Å². The van der Waals surface area contributed by atoms with Crippen molar-refractivity contribution in [2.75, 3.05) is 0 Å². The van der Waals surface area contributed by atoms with Gasteiger partial charge in [-0.1, -0.05) is 24.3 Å². The molecule has 96 valence electrons. The van der Waals surface area contributed by atoms with Crippen LogP contribution in [0.25, 0.3) is 10.9 Å². The predicted molar refractivity (Wildman–Crippen MR) is 74.1 cm³/mol. The summed E-state index contributed by atoms with van der Waals surface area (Å²) >= 11 is 0. The highest BCUT2D eigenvalue weighted by atomic mass is 15.3. The van der Waals surface area contributed by atoms with Gasteiger partial charge in [0.15, 0.2) is 0 Å². The third-order valence-corrected chi connectivity index (χ3v) is 3.30. The number of nitrogens with zero attached hydrogens (tertiary/aromatic N) is 3. The van der Waals surface area contributed by atoms with Crippen molar-refractivity contribution in [2.45, 2.75) is 6.04 Å². The summed E-state index contributed by atoms with van der Waals surface area (Å²) in [5.74, 6) is 5.74. The number of pyridine rings is 1. The molecule has 2 aromatic heterocycles. The molecule has 0 amide bonds. The first-order valence-corrected chi connectivity index (χ1v) is 6.09. The van der Waals surface area contributed by atoms with E-state index in [1.54, 1.807) is 12.4 Å². The number of para-hydroxylation sites is 1. The monoisotopic (exact) mass is 253 g/mol. The van der Waals surface area contributed by atoms with E-state index in [-0.39, 0.29) is 6.04 Å². The van der Waals surface area contributed by atoms with Crippen LogP contribution in [0.1, 0.15) is 17.3 Å². The van der Waals surface area contributed by atoms with E-state index in [0.717, 1.165) is 22.2 Å². The normalized spacial score (nSPS) is 12.7. The van der Waals surface area contributed by atoms with Crippen molar-refractivity contribution < 1.29 is 0 Å². The highest BCUT2D eigenvalue weighted by Crippen LogP contribution is 2.26. The maximum Gasteiger partial charge on any atom is 0.0899 e. The Bertz CT molecular complexity index is 698. The van der Waals surface area contributed by atoms with E-state index in [2.05, 4.69) is 15.5 Å². The molecule has 0 fully saturated rings. The van der Waals surface area contributed by atoms with Gasteiger partial charge in [-0.2, -0.15) is 5.10 Å². The minimum absolute atomic E-state index is 0.133. The Morgan fingerprint density at radius 2 is 2.00 bits per heavy atom. The van der Waals surface area contributed by atoms with Crippen molar-refractivity contribution in [3.05, 3.63) is 60.0 Å². The van der Waals surface area contributed by atoms with Crippen LogP contribution in [-0.2, 0) is 7.05 Å². The second kappa shape index (κ2) is 4.79. The molecule has 0 saturated carbocycles. The van der Waals surface area contributed by atoms with Crippen LogP contribution < -0.4 is 11.3 Å². The number of rotatable bonds is 3. The fourth-order valence-corrected chi connectivity index (χ4v) is 2.36. The Morgan fingerprint density at radius 1 is 1.16 bits per heavy atom. The molecule has 0 aliphatic carbocycles. The van der Waals surface area contributed by atoms with Gasteiger partial charge in [-0.3, -0.25) is 15.5 Å². The standard InChI is InChI=1S/C14H15N5/c1-19-12(7-9-17-19)14(18-15)11-6-2-4-10-5-3-8-16-13(10)11/h2-9,14,18H,15H2,1H3. The van der Waals surface area contributed by atoms with Crippen LogP contribution in [0.4, 0.5) is 0 Å². The summed E-state index contributed by atoms with van der Waals surface area (Å²) in [6.07, 6.45) is 3.56. The van der Waals surface area contributed by atoms with E-state index < -0.39 is 0 Å². The van der Waals surface area contributed by atoms with Crippen LogP contribution in [0.2, 0.25) is 0 Å². The lowest BCUT2D eigenvalue weighted by Crippen LogP contribution is -2.30. The molecule has 0 aliphatic rings. The maximum atomic E-state index is 5.74. The van der Waals surface area contributed by atoms with Gasteiger partial charge in [0.05, 0.1) is 17.3 Å². The highest BCUT2D eigenvalue weighted by Gasteiger charge is 2.18. The number of nitrogens with one attached hydrogen (secondary N) is 1. The molecular weight excluding hydrogens is 238 g/mol. The molecule has 3 aromatic rings. The SMILES string of the molecule is Cn1nccc1C(NN)c1cccc2cccnc12. The average Bonchev–Trinajstić information content (AvgIpc) is 2.86. The van der Waals surface area contributed by atoms with Crippen LogP contribution in [0.5, 0.6) is 0 Å². The topological polar surface area (TPSA) is 68.8 Å². The fourth-order valence-electron chi connectivity index (χ4n) is 2.36. The van der Waals surface area contributed by atoms with Crippen molar-refractivity contribution in [1.82, 2.24) is 20.2 Å². The third-order valence-electron chi connectivity index (χ3n) is 3.30. The quantitative estimate of drug-likeness (QED) is 0.548. The zero-order valence-electron chi connectivity index (χ0n) is 10.6. The predicted octanol–water partition coefficient (Wildman–Crippen LogP) is 1.52. The van der Waals surface area contributed by atoms with Crippen molar-refractivity contribution in [1.29, 1.82) is 0 Å². The van der Waals surface area contributed by atoms with Crippen LogP contribution >= 0.6 is 0 Å². The smallest absolute Gasteiger partial charge is 0.0899 e. The Balaban J connectivity index is 2.20. The third kappa shape index (κ3) is 1.99. The van der Waals surface area contributed by atoms with Crippen molar-refractivity contribution in [3.63, 3.8) is 0 Å². The number of nitrogens with two attached hydrogens (primary N) is 1. The molecule has 5 heteroatoms. The van der Waals surface area contributed by atoms with E-state index in [1.807, 2.05) is 48.1 Å². The largest absolute Gasteiger partial charge is 0.271 e. The Kier molecular flexibility index (Phi) is 2.98. The molecule has 0 bridgehead atoms. The van der Waals surface area contributed by atoms with Gasteiger partial charge in [-0.05, 0) is 12.1 Å². The Hall–Kier alpha value is -2.24. The van der Waals surface area contributed by atoms with Crippen molar-refractivity contribution in [2.24, 2.45) is 12.9 Å². The average molecular weight is 253 g/mol. The molecule has 0 spiro atoms. The van der Waals surface area contributed by atoms with Crippen molar-refractivity contribution >= 4 is 10.9 Å². The minimum atomic E-state index is -0.133. The second-order valence-corrected chi connectivity index (χ2v) is 4.40. The zero-order valence-corrected chi connectivity index (χ0v) is 10.6. The van der Waals surface area contributed by atoms with E-state index in [9.17, 15) is 0 Å². The molecule has 1 aromatic carbocycles. The van der Waals surface area contributed by atoms with Crippen LogP contribution in [-0.4, -0.2) is 14.8 Å². The second-order valence-electron chi connectivity index (χ2n) is 4.40. The molecule has 19 heavy (non-hydrogen) atoms. The summed E-state index contributed by atoms with van der Waals surface area (Å²) in [5.41, 5.74) is 5.85. The van der Waals surface area contributed by atoms with Gasteiger partial charge in [0.1, 0.15) is 0 Å². The summed E-state index contributed by atoms with van der Waals surface area (Å²) in [7, 11) is 1.90. The summed E-state index contributed by atoms with van der Waals surface area (Å²) in [5, 5.41) is 5.29. The van der Waals surface area contributed by atoms with E-state index >= 15 is 0 Å². The van der Waals surface area contributed by atoms with E-state index in [4.69, 9.17) is 5.84 Å². The molecule has 0 saturated heterocycles. The van der Waals surface area contributed by atoms with Crippen LogP contribution in [0.15, 0.2) is 48.8 Å². The fraction of sp³-hybridized carbons (Fsp3) is 0.143. The lowest BCUT2D eigenvalue weighted by molar-refractivity contribution is 0.577. The molecule has 1 unspecified atom stereocenters. The number of fused-ring (bicyclic) bond motifs is 1. The Morgan fingerprint density at radius 3 is 2.74 bits per heavy atom. The molecule has 1 atom stereocenters. The van der Waals surface area contributed by atoms with Gasteiger partial charge in [0, 0.05) is 30.4 Å². The molecule has 2 heterocycles. The molecule has 0 aliphatic heterocycles. The van der Waals surface area contributed by atoms with E-state index in [0.29, 0.717) is 0 Å². The van der Waals surface area contributed by atoms with Gasteiger partial charge in [-0.15, -0.1) is 0 Å². The van der Waals surface area contributed by atoms with Gasteiger partial charge >= 0.3 is 0 Å². The maximum absolute atomic E-state index is 5.74. The van der Waals surface area contributed by atoms with Crippen LogP contribution in [0.3, 0.4) is 0 Å². The first kappa shape index (κ1) is 11.8. The molecular formula is C14H15N5. The summed E-state index contributed by atoms with van der Waals surface area (Å²) < 4.78 is 1.81. The summed E-state index contributed by atoms with van der Waals surface area (Å²) in [4.78, 5) is 4.46. The van der Waals surface area contributed by atoms with Crippen molar-refractivity contribution in [3.8, 4) is 0 Å². The molecule has 3 N–H and O–H groups in total. The number of aryl methyl sites for hydroxylation is 1. The molecule has 3 rings (SSSR count). The first-order valence-electron chi connectivity index (χ1n) is 6.09. The lowest BCUT2D eigenvalue weighted by atomic mass is 10.0. The number of benzene rings is 1. The van der Waals surface area contributed by atoms with Gasteiger partial charge in [-0.25, -0.2) is 5.43 Å². The first-order chi connectivity index (χ1) is 9.31. The number of hydrogen-bond donors (Lipinski definition) is 2. The minimum Gasteiger partial charge on any atom is -0.271 e. The Labute approximate surface area is 111 Å². The lowest BCUT2D eigenvalue weighted by Gasteiger charge is -2.18. The molecule has 0 radical (unpaired) electrons. The summed E-state index contributed by atoms with van der Waals surface area (Å²) in [6, 6.07) is 11.9. The number of hydrogen-bond acceptors (Lipinski definition) is 4. The number of hydrazine groups is 1. The van der Waals surface area contributed by atoms with Gasteiger partial charge in [0.2, 0.25) is 0 Å².